The van der Waals surface area contributed by atoms with E-state index in [1.54, 1.807) is 6.20 Å². The van der Waals surface area contributed by atoms with Crippen molar-refractivity contribution < 1.29 is 9.53 Å². The first-order chi connectivity index (χ1) is 5.74. The first kappa shape index (κ1) is 9.19. The lowest BCUT2D eigenvalue weighted by Gasteiger charge is -2.02. The third-order valence-corrected chi connectivity index (χ3v) is 1.88. The van der Waals surface area contributed by atoms with Gasteiger partial charge in [-0.15, -0.1) is 0 Å². The molecule has 0 unspecified atom stereocenters. The summed E-state index contributed by atoms with van der Waals surface area (Å²) in [6, 6.07) is 1.93. The minimum absolute atomic E-state index is 0.239. The Balaban J connectivity index is 2.78. The van der Waals surface area contributed by atoms with E-state index in [4.69, 9.17) is 0 Å². The molecule has 0 aliphatic heterocycles. The Morgan fingerprint density at radius 2 is 2.50 bits per heavy atom. The molecule has 12 heavy (non-hydrogen) atoms. The van der Waals surface area contributed by atoms with E-state index in [0.29, 0.717) is 6.47 Å². The molecule has 0 aromatic carbocycles. The maximum absolute atomic E-state index is 9.90. The highest BCUT2D eigenvalue weighted by atomic mass is 79.9. The van der Waals surface area contributed by atoms with Gasteiger partial charge in [-0.25, -0.2) is 0 Å². The number of pyridine rings is 1. The average Bonchev–Trinajstić information content (AvgIpc) is 2.03. The minimum atomic E-state index is 0.239. The number of rotatable bonds is 3. The van der Waals surface area contributed by atoms with E-state index < -0.39 is 0 Å². The topological polar surface area (TPSA) is 39.2 Å². The van der Waals surface area contributed by atoms with Crippen molar-refractivity contribution >= 4 is 22.4 Å². The number of aromatic nitrogens is 1. The lowest BCUT2D eigenvalue weighted by atomic mass is 10.2. The van der Waals surface area contributed by atoms with Gasteiger partial charge in [-0.2, -0.15) is 0 Å². The van der Waals surface area contributed by atoms with Crippen molar-refractivity contribution in [3.05, 3.63) is 28.0 Å². The third-order valence-electron chi connectivity index (χ3n) is 1.44. The molecule has 0 radical (unpaired) electrons. The summed E-state index contributed by atoms with van der Waals surface area (Å²) in [4.78, 5) is 14.0. The number of nitrogens with zero attached hydrogens (tertiary/aromatic N) is 1. The minimum Gasteiger partial charge on any atom is -0.461 e. The first-order valence-electron chi connectivity index (χ1n) is 3.40. The van der Waals surface area contributed by atoms with Crippen LogP contribution in [0.5, 0.6) is 0 Å². The molecule has 0 aliphatic carbocycles. The van der Waals surface area contributed by atoms with E-state index in [2.05, 4.69) is 25.7 Å². The molecule has 0 amide bonds. The van der Waals surface area contributed by atoms with Crippen molar-refractivity contribution in [1.29, 1.82) is 0 Å². The Labute approximate surface area is 78.9 Å². The normalized spacial score (nSPS) is 9.50. The molecular weight excluding hydrogens is 222 g/mol. The van der Waals surface area contributed by atoms with Gasteiger partial charge in [-0.1, -0.05) is 0 Å². The molecule has 0 atom stereocenters. The zero-order valence-corrected chi connectivity index (χ0v) is 8.17. The van der Waals surface area contributed by atoms with E-state index in [-0.39, 0.29) is 6.61 Å². The standard InChI is InChI=1S/C8H8BrNO2/c1-6-2-7(9)3-10-8(6)4-12-5-11/h2-3,5H,4H2,1H3. The fraction of sp³-hybridized carbons (Fsp3) is 0.250. The van der Waals surface area contributed by atoms with Gasteiger partial charge in [0.25, 0.3) is 6.47 Å². The molecule has 0 spiro atoms. The zero-order chi connectivity index (χ0) is 8.97. The Hall–Kier alpha value is -0.900. The van der Waals surface area contributed by atoms with Crippen LogP contribution in [0.2, 0.25) is 0 Å². The Morgan fingerprint density at radius 3 is 3.08 bits per heavy atom. The van der Waals surface area contributed by atoms with Crippen molar-refractivity contribution in [2.75, 3.05) is 0 Å². The van der Waals surface area contributed by atoms with E-state index in [9.17, 15) is 4.79 Å². The van der Waals surface area contributed by atoms with Gasteiger partial charge in [0.1, 0.15) is 6.61 Å². The summed E-state index contributed by atoms with van der Waals surface area (Å²) in [6.07, 6.45) is 1.68. The molecular formula is C8H8BrNO2. The fourth-order valence-corrected chi connectivity index (χ4v) is 1.28. The van der Waals surface area contributed by atoms with E-state index in [1.165, 1.54) is 0 Å². The van der Waals surface area contributed by atoms with Crippen LogP contribution in [0.1, 0.15) is 11.3 Å². The molecule has 1 aromatic heterocycles. The van der Waals surface area contributed by atoms with E-state index >= 15 is 0 Å². The Bertz CT molecular complexity index is 288. The smallest absolute Gasteiger partial charge is 0.293 e. The van der Waals surface area contributed by atoms with Crippen molar-refractivity contribution in [2.24, 2.45) is 0 Å². The van der Waals surface area contributed by atoms with Gasteiger partial charge in [0, 0.05) is 10.7 Å². The molecule has 0 aliphatic rings. The van der Waals surface area contributed by atoms with Crippen LogP contribution >= 0.6 is 15.9 Å². The summed E-state index contributed by atoms with van der Waals surface area (Å²) in [5.74, 6) is 0. The second-order valence-electron chi connectivity index (χ2n) is 2.32. The quantitative estimate of drug-likeness (QED) is 0.743. The molecule has 1 rings (SSSR count). The van der Waals surface area contributed by atoms with Crippen LogP contribution in [0.3, 0.4) is 0 Å². The number of ether oxygens (including phenoxy) is 1. The largest absolute Gasteiger partial charge is 0.461 e. The van der Waals surface area contributed by atoms with Gasteiger partial charge in [-0.05, 0) is 34.5 Å². The van der Waals surface area contributed by atoms with E-state index in [0.717, 1.165) is 15.7 Å². The van der Waals surface area contributed by atoms with Gasteiger partial charge in [0.2, 0.25) is 0 Å². The van der Waals surface area contributed by atoms with Gasteiger partial charge in [-0.3, -0.25) is 9.78 Å². The van der Waals surface area contributed by atoms with Gasteiger partial charge in [0.15, 0.2) is 0 Å². The van der Waals surface area contributed by atoms with Crippen LogP contribution < -0.4 is 0 Å². The second kappa shape index (κ2) is 4.21. The van der Waals surface area contributed by atoms with Crippen LogP contribution in [-0.2, 0) is 16.1 Å². The number of aryl methyl sites for hydroxylation is 1. The molecule has 0 N–H and O–H groups in total. The molecule has 64 valence electrons. The predicted octanol–water partition coefficient (Wildman–Crippen LogP) is 1.83. The summed E-state index contributed by atoms with van der Waals surface area (Å²) in [6.45, 7) is 2.58. The zero-order valence-electron chi connectivity index (χ0n) is 6.58. The fourth-order valence-electron chi connectivity index (χ4n) is 0.833. The van der Waals surface area contributed by atoms with Gasteiger partial charge < -0.3 is 4.74 Å². The van der Waals surface area contributed by atoms with Crippen LogP contribution in [0.4, 0.5) is 0 Å². The van der Waals surface area contributed by atoms with Gasteiger partial charge in [0.05, 0.1) is 5.69 Å². The summed E-state index contributed by atoms with van der Waals surface area (Å²) >= 11 is 3.29. The second-order valence-corrected chi connectivity index (χ2v) is 3.24. The molecule has 3 nitrogen and oxygen atoms in total. The lowest BCUT2D eigenvalue weighted by Crippen LogP contribution is -1.96. The van der Waals surface area contributed by atoms with E-state index in [1.807, 2.05) is 13.0 Å². The van der Waals surface area contributed by atoms with Crippen LogP contribution in [0.25, 0.3) is 0 Å². The van der Waals surface area contributed by atoms with Crippen LogP contribution in [0, 0.1) is 6.92 Å². The maximum Gasteiger partial charge on any atom is 0.293 e. The van der Waals surface area contributed by atoms with Crippen molar-refractivity contribution in [1.82, 2.24) is 4.98 Å². The number of carbonyl (C=O) groups is 1. The maximum atomic E-state index is 9.90. The van der Waals surface area contributed by atoms with Gasteiger partial charge >= 0.3 is 0 Å². The third kappa shape index (κ3) is 2.30. The summed E-state index contributed by atoms with van der Waals surface area (Å²) in [5, 5.41) is 0. The molecule has 0 bridgehead atoms. The Kier molecular flexibility index (Phi) is 3.22. The Morgan fingerprint density at radius 1 is 1.75 bits per heavy atom. The lowest BCUT2D eigenvalue weighted by molar-refractivity contribution is -0.129. The molecule has 0 fully saturated rings. The highest BCUT2D eigenvalue weighted by molar-refractivity contribution is 9.10. The molecule has 1 heterocycles. The number of halogens is 1. The first-order valence-corrected chi connectivity index (χ1v) is 4.19. The summed E-state index contributed by atoms with van der Waals surface area (Å²) in [7, 11) is 0. The monoisotopic (exact) mass is 229 g/mol. The van der Waals surface area contributed by atoms with Crippen LogP contribution in [0.15, 0.2) is 16.7 Å². The number of hydrogen-bond donors (Lipinski definition) is 0. The number of hydrogen-bond acceptors (Lipinski definition) is 3. The van der Waals surface area contributed by atoms with Crippen molar-refractivity contribution in [3.8, 4) is 0 Å². The highest BCUT2D eigenvalue weighted by Crippen LogP contribution is 2.13. The van der Waals surface area contributed by atoms with Crippen molar-refractivity contribution in [3.63, 3.8) is 0 Å². The molecule has 0 saturated carbocycles. The van der Waals surface area contributed by atoms with Crippen LogP contribution in [-0.4, -0.2) is 11.5 Å². The summed E-state index contributed by atoms with van der Waals surface area (Å²) in [5.41, 5.74) is 1.79. The SMILES string of the molecule is Cc1cc(Br)cnc1COC=O. The molecule has 1 aromatic rings. The van der Waals surface area contributed by atoms with Crippen molar-refractivity contribution in [2.45, 2.75) is 13.5 Å². The molecule has 4 heteroatoms. The molecule has 0 saturated heterocycles. The summed E-state index contributed by atoms with van der Waals surface area (Å²) < 4.78 is 5.51. The average molecular weight is 230 g/mol. The number of carbonyl (C=O) groups excluding carboxylic acids is 1. The highest BCUT2D eigenvalue weighted by Gasteiger charge is 1.99. The predicted molar refractivity (Wildman–Crippen MR) is 47.5 cm³/mol.